The Morgan fingerprint density at radius 1 is 1.22 bits per heavy atom. The summed E-state index contributed by atoms with van der Waals surface area (Å²) in [7, 11) is 0. The van der Waals surface area contributed by atoms with Gasteiger partial charge < -0.3 is 4.74 Å². The lowest BCUT2D eigenvalue weighted by Crippen LogP contribution is -2.30. The zero-order valence-corrected chi connectivity index (χ0v) is 12.9. The van der Waals surface area contributed by atoms with Crippen LogP contribution in [0.3, 0.4) is 0 Å². The normalized spacial score (nSPS) is 11.4. The molecule has 0 aromatic heterocycles. The van der Waals surface area contributed by atoms with E-state index in [2.05, 4.69) is 32.9 Å². The lowest BCUT2D eigenvalue weighted by Gasteiger charge is -2.24. The molecule has 3 heteroatoms. The second-order valence-corrected chi connectivity index (χ2v) is 6.69. The van der Waals surface area contributed by atoms with Crippen LogP contribution >= 0.6 is 11.8 Å². The average Bonchev–Trinajstić information content (AvgIpc) is 2.23. The number of carbonyl (C=O) groups is 1. The Kier molecular flexibility index (Phi) is 4.85. The van der Waals surface area contributed by atoms with Crippen LogP contribution in [0.4, 0.5) is 0 Å². The maximum absolute atomic E-state index is 11.9. The molecular formula is C15H22O2S. The number of ether oxygens (including phenoxy) is 1. The molecule has 1 aromatic rings. The largest absolute Gasteiger partial charge is 0.465 e. The first-order chi connectivity index (χ1) is 8.27. The number of hydrogen-bond acceptors (Lipinski definition) is 3. The van der Waals surface area contributed by atoms with Crippen LogP contribution in [0.25, 0.3) is 0 Å². The first kappa shape index (κ1) is 15.1. The minimum absolute atomic E-state index is 0.158. The number of esters is 1. The molecule has 0 aliphatic carbocycles. The summed E-state index contributed by atoms with van der Waals surface area (Å²) in [6.07, 6.45) is 0. The molecule has 0 atom stereocenters. The van der Waals surface area contributed by atoms with Gasteiger partial charge in [-0.3, -0.25) is 4.79 Å². The Balaban J connectivity index is 3.00. The van der Waals surface area contributed by atoms with Crippen molar-refractivity contribution >= 4 is 17.7 Å². The fourth-order valence-electron chi connectivity index (χ4n) is 1.93. The van der Waals surface area contributed by atoms with Crippen molar-refractivity contribution in [3.63, 3.8) is 0 Å². The van der Waals surface area contributed by atoms with E-state index >= 15 is 0 Å². The molecule has 0 spiro atoms. The number of benzene rings is 1. The number of hydrogen-bond donors (Lipinski definition) is 0. The fourth-order valence-corrected chi connectivity index (χ4v) is 3.02. The highest BCUT2D eigenvalue weighted by atomic mass is 32.2. The van der Waals surface area contributed by atoms with Gasteiger partial charge in [0.2, 0.25) is 0 Å². The Morgan fingerprint density at radius 2 is 1.72 bits per heavy atom. The number of carbonyl (C=O) groups excluding carboxylic acids is 1. The highest BCUT2D eigenvalue weighted by Gasteiger charge is 2.31. The molecular weight excluding hydrogens is 244 g/mol. The fraction of sp³-hybridized carbons (Fsp3) is 0.533. The van der Waals surface area contributed by atoms with Crippen LogP contribution in [0, 0.1) is 20.8 Å². The number of aryl methyl sites for hydroxylation is 3. The van der Waals surface area contributed by atoms with E-state index in [1.165, 1.54) is 21.6 Å². The van der Waals surface area contributed by atoms with Crippen molar-refractivity contribution in [2.75, 3.05) is 6.61 Å². The van der Waals surface area contributed by atoms with E-state index < -0.39 is 4.75 Å². The molecule has 0 unspecified atom stereocenters. The van der Waals surface area contributed by atoms with Gasteiger partial charge in [0.25, 0.3) is 0 Å². The van der Waals surface area contributed by atoms with Gasteiger partial charge in [0.1, 0.15) is 4.75 Å². The SMILES string of the molecule is CCOC(=O)C(C)(C)Sc1c(C)cc(C)cc1C. The van der Waals surface area contributed by atoms with Crippen molar-refractivity contribution in [3.8, 4) is 0 Å². The van der Waals surface area contributed by atoms with E-state index in [9.17, 15) is 4.79 Å². The molecule has 100 valence electrons. The standard InChI is InChI=1S/C15H22O2S/c1-7-17-14(16)15(5,6)18-13-11(3)8-10(2)9-12(13)4/h8-9H,7H2,1-6H3. The van der Waals surface area contributed by atoms with Crippen LogP contribution in [0.2, 0.25) is 0 Å². The van der Waals surface area contributed by atoms with Crippen molar-refractivity contribution in [1.82, 2.24) is 0 Å². The minimum Gasteiger partial charge on any atom is -0.465 e. The van der Waals surface area contributed by atoms with Gasteiger partial charge in [0.15, 0.2) is 0 Å². The number of rotatable bonds is 4. The van der Waals surface area contributed by atoms with Gasteiger partial charge >= 0.3 is 5.97 Å². The maximum atomic E-state index is 11.9. The highest BCUT2D eigenvalue weighted by molar-refractivity contribution is 8.01. The molecule has 0 saturated carbocycles. The van der Waals surface area contributed by atoms with Gasteiger partial charge in [0.05, 0.1) is 6.61 Å². The van der Waals surface area contributed by atoms with Crippen LogP contribution in [0.15, 0.2) is 17.0 Å². The van der Waals surface area contributed by atoms with E-state index in [1.54, 1.807) is 11.8 Å². The quantitative estimate of drug-likeness (QED) is 0.607. The van der Waals surface area contributed by atoms with Crippen LogP contribution in [-0.4, -0.2) is 17.3 Å². The van der Waals surface area contributed by atoms with Crippen molar-refractivity contribution in [2.24, 2.45) is 0 Å². The van der Waals surface area contributed by atoms with Crippen molar-refractivity contribution < 1.29 is 9.53 Å². The molecule has 0 aliphatic rings. The lowest BCUT2D eigenvalue weighted by atomic mass is 10.1. The molecule has 0 radical (unpaired) electrons. The van der Waals surface area contributed by atoms with Gasteiger partial charge in [-0.15, -0.1) is 11.8 Å². The van der Waals surface area contributed by atoms with Crippen LogP contribution < -0.4 is 0 Å². The lowest BCUT2D eigenvalue weighted by molar-refractivity contribution is -0.145. The van der Waals surface area contributed by atoms with Crippen molar-refractivity contribution in [2.45, 2.75) is 51.2 Å². The van der Waals surface area contributed by atoms with Gasteiger partial charge in [-0.2, -0.15) is 0 Å². The molecule has 2 nitrogen and oxygen atoms in total. The third kappa shape index (κ3) is 3.52. The molecule has 0 N–H and O–H groups in total. The topological polar surface area (TPSA) is 26.3 Å². The molecule has 0 heterocycles. The van der Waals surface area contributed by atoms with Gasteiger partial charge in [-0.05, 0) is 52.7 Å². The predicted molar refractivity (Wildman–Crippen MR) is 77.2 cm³/mol. The smallest absolute Gasteiger partial charge is 0.321 e. The zero-order valence-electron chi connectivity index (χ0n) is 12.1. The van der Waals surface area contributed by atoms with Crippen LogP contribution in [-0.2, 0) is 9.53 Å². The third-order valence-corrected chi connectivity index (χ3v) is 4.25. The summed E-state index contributed by atoms with van der Waals surface area (Å²) in [5.74, 6) is -0.158. The molecule has 0 fully saturated rings. The van der Waals surface area contributed by atoms with Gasteiger partial charge in [-0.25, -0.2) is 0 Å². The summed E-state index contributed by atoms with van der Waals surface area (Å²) in [6, 6.07) is 4.30. The van der Waals surface area contributed by atoms with E-state index in [0.29, 0.717) is 6.61 Å². The summed E-state index contributed by atoms with van der Waals surface area (Å²) in [5, 5.41) is 0. The van der Waals surface area contributed by atoms with Crippen molar-refractivity contribution in [1.29, 1.82) is 0 Å². The first-order valence-corrected chi connectivity index (χ1v) is 7.03. The molecule has 1 aromatic carbocycles. The van der Waals surface area contributed by atoms with E-state index in [4.69, 9.17) is 4.74 Å². The molecule has 18 heavy (non-hydrogen) atoms. The molecule has 1 rings (SSSR count). The predicted octanol–water partition coefficient (Wildman–Crippen LogP) is 4.05. The van der Waals surface area contributed by atoms with E-state index in [0.717, 1.165) is 0 Å². The molecule has 0 saturated heterocycles. The third-order valence-electron chi connectivity index (χ3n) is 2.73. The van der Waals surface area contributed by atoms with Crippen LogP contribution in [0.1, 0.15) is 37.5 Å². The summed E-state index contributed by atoms with van der Waals surface area (Å²) in [5.41, 5.74) is 3.69. The summed E-state index contributed by atoms with van der Waals surface area (Å²) in [6.45, 7) is 12.3. The zero-order chi connectivity index (χ0) is 13.9. The summed E-state index contributed by atoms with van der Waals surface area (Å²) < 4.78 is 4.57. The van der Waals surface area contributed by atoms with Crippen LogP contribution in [0.5, 0.6) is 0 Å². The maximum Gasteiger partial charge on any atom is 0.321 e. The average molecular weight is 266 g/mol. The van der Waals surface area contributed by atoms with Gasteiger partial charge in [0, 0.05) is 4.90 Å². The Bertz CT molecular complexity index is 427. The van der Waals surface area contributed by atoms with Gasteiger partial charge in [-0.1, -0.05) is 17.7 Å². The number of thioether (sulfide) groups is 1. The second kappa shape index (κ2) is 5.79. The monoisotopic (exact) mass is 266 g/mol. The van der Waals surface area contributed by atoms with Crippen molar-refractivity contribution in [3.05, 3.63) is 28.8 Å². The Labute approximate surface area is 114 Å². The molecule has 0 bridgehead atoms. The van der Waals surface area contributed by atoms with E-state index in [1.807, 2.05) is 20.8 Å². The highest BCUT2D eigenvalue weighted by Crippen LogP contribution is 2.37. The summed E-state index contributed by atoms with van der Waals surface area (Å²) >= 11 is 1.58. The molecule has 0 amide bonds. The second-order valence-electron chi connectivity index (χ2n) is 5.06. The molecule has 0 aliphatic heterocycles. The van der Waals surface area contributed by atoms with E-state index in [-0.39, 0.29) is 5.97 Å². The Morgan fingerprint density at radius 3 is 2.17 bits per heavy atom. The Hall–Kier alpha value is -0.960. The first-order valence-electron chi connectivity index (χ1n) is 6.22. The minimum atomic E-state index is -0.555. The summed E-state index contributed by atoms with van der Waals surface area (Å²) in [4.78, 5) is 13.1.